The van der Waals surface area contributed by atoms with E-state index in [-0.39, 0.29) is 5.91 Å². The van der Waals surface area contributed by atoms with E-state index in [1.807, 2.05) is 24.3 Å². The van der Waals surface area contributed by atoms with E-state index in [9.17, 15) is 9.90 Å². The second kappa shape index (κ2) is 7.85. The lowest BCUT2D eigenvalue weighted by molar-refractivity contribution is 0.0827. The molecule has 2 heterocycles. The molecule has 1 saturated heterocycles. The first kappa shape index (κ1) is 17.7. The average Bonchev–Trinajstić information content (AvgIpc) is 3.27. The van der Waals surface area contributed by atoms with Gasteiger partial charge in [0.1, 0.15) is 11.9 Å². The van der Waals surface area contributed by atoms with Crippen LogP contribution in [0.2, 0.25) is 0 Å². The third-order valence-corrected chi connectivity index (χ3v) is 4.83. The fourth-order valence-corrected chi connectivity index (χ4v) is 3.52. The summed E-state index contributed by atoms with van der Waals surface area (Å²) < 4.78 is 5.31. The number of benzene rings is 1. The number of aliphatic hydroxyl groups excluding tert-OH is 1. The summed E-state index contributed by atoms with van der Waals surface area (Å²) >= 11 is 0. The summed E-state index contributed by atoms with van der Waals surface area (Å²) in [6, 6.07) is 11.8. The molecule has 0 radical (unpaired) electrons. The fraction of sp³-hybridized carbons (Fsp3) is 0.450. The summed E-state index contributed by atoms with van der Waals surface area (Å²) in [7, 11) is 3.53. The zero-order valence-electron chi connectivity index (χ0n) is 14.9. The molecule has 1 aromatic heterocycles. The molecule has 0 saturated carbocycles. The summed E-state index contributed by atoms with van der Waals surface area (Å²) in [5.74, 6) is 0.651. The topological polar surface area (TPSA) is 56.9 Å². The molecule has 0 spiro atoms. The van der Waals surface area contributed by atoms with E-state index in [1.54, 1.807) is 31.3 Å². The van der Waals surface area contributed by atoms with Crippen LogP contribution in [0.1, 0.15) is 47.0 Å². The van der Waals surface area contributed by atoms with Crippen molar-refractivity contribution in [2.45, 2.75) is 38.0 Å². The Labute approximate surface area is 148 Å². The molecule has 2 unspecified atom stereocenters. The van der Waals surface area contributed by atoms with Crippen molar-refractivity contribution in [1.29, 1.82) is 0 Å². The molecule has 2 aromatic rings. The van der Waals surface area contributed by atoms with E-state index in [4.69, 9.17) is 4.42 Å². The first-order valence-electron chi connectivity index (χ1n) is 8.80. The molecule has 1 aliphatic rings. The van der Waals surface area contributed by atoms with Gasteiger partial charge in [0.15, 0.2) is 0 Å². The van der Waals surface area contributed by atoms with E-state index in [1.165, 1.54) is 0 Å². The van der Waals surface area contributed by atoms with Crippen LogP contribution in [0.25, 0.3) is 0 Å². The third-order valence-electron chi connectivity index (χ3n) is 4.83. The van der Waals surface area contributed by atoms with Gasteiger partial charge in [-0.2, -0.15) is 0 Å². The van der Waals surface area contributed by atoms with Crippen LogP contribution < -0.4 is 0 Å². The third kappa shape index (κ3) is 4.30. The van der Waals surface area contributed by atoms with Crippen molar-refractivity contribution in [3.05, 3.63) is 59.5 Å². The minimum atomic E-state index is -0.567. The molecule has 1 aliphatic heterocycles. The molecule has 2 atom stereocenters. The number of aliphatic hydroxyl groups is 1. The maximum Gasteiger partial charge on any atom is 0.253 e. The predicted octanol–water partition coefficient (Wildman–Crippen LogP) is 3.07. The van der Waals surface area contributed by atoms with E-state index < -0.39 is 6.10 Å². The smallest absolute Gasteiger partial charge is 0.253 e. The van der Waals surface area contributed by atoms with Crippen molar-refractivity contribution < 1.29 is 14.3 Å². The van der Waals surface area contributed by atoms with Gasteiger partial charge in [-0.25, -0.2) is 0 Å². The van der Waals surface area contributed by atoms with Crippen molar-refractivity contribution in [2.75, 3.05) is 20.6 Å². The van der Waals surface area contributed by atoms with Crippen molar-refractivity contribution in [3.8, 4) is 0 Å². The van der Waals surface area contributed by atoms with Crippen LogP contribution in [0.4, 0.5) is 0 Å². The number of rotatable bonds is 6. The predicted molar refractivity (Wildman–Crippen MR) is 96.2 cm³/mol. The lowest BCUT2D eigenvalue weighted by atomic mass is 10.0. The Morgan fingerprint density at radius 3 is 2.92 bits per heavy atom. The molecule has 5 nitrogen and oxygen atoms in total. The molecular weight excluding hydrogens is 316 g/mol. The minimum Gasteiger partial charge on any atom is -0.467 e. The molecule has 1 amide bonds. The van der Waals surface area contributed by atoms with E-state index in [0.29, 0.717) is 23.8 Å². The van der Waals surface area contributed by atoms with E-state index in [0.717, 1.165) is 31.5 Å². The number of amides is 1. The number of nitrogens with zero attached hydrogens (tertiary/aromatic N) is 2. The van der Waals surface area contributed by atoms with Crippen molar-refractivity contribution in [3.63, 3.8) is 0 Å². The van der Waals surface area contributed by atoms with Crippen LogP contribution in [0.15, 0.2) is 47.1 Å². The Kier molecular flexibility index (Phi) is 5.56. The number of furan rings is 1. The maximum absolute atomic E-state index is 12.1. The van der Waals surface area contributed by atoms with Crippen LogP contribution >= 0.6 is 0 Å². The lowest BCUT2D eigenvalue weighted by Gasteiger charge is -2.26. The van der Waals surface area contributed by atoms with Gasteiger partial charge in [0, 0.05) is 32.2 Å². The van der Waals surface area contributed by atoms with Gasteiger partial charge in [-0.05, 0) is 55.6 Å². The van der Waals surface area contributed by atoms with Gasteiger partial charge in [0.25, 0.3) is 5.91 Å². The highest BCUT2D eigenvalue weighted by Crippen LogP contribution is 2.29. The Morgan fingerprint density at radius 1 is 1.36 bits per heavy atom. The molecule has 1 N–H and O–H groups in total. The Hall–Kier alpha value is -2.11. The molecule has 3 rings (SSSR count). The molecule has 25 heavy (non-hydrogen) atoms. The highest BCUT2D eigenvalue weighted by atomic mass is 16.4. The van der Waals surface area contributed by atoms with Crippen molar-refractivity contribution >= 4 is 5.91 Å². The average molecular weight is 342 g/mol. The molecular formula is C20H26N2O3. The summed E-state index contributed by atoms with van der Waals surface area (Å²) in [6.07, 6.45) is 3.91. The van der Waals surface area contributed by atoms with Crippen molar-refractivity contribution in [2.24, 2.45) is 0 Å². The zero-order valence-corrected chi connectivity index (χ0v) is 14.9. The van der Waals surface area contributed by atoms with Gasteiger partial charge >= 0.3 is 0 Å². The van der Waals surface area contributed by atoms with Crippen LogP contribution in [0.3, 0.4) is 0 Å². The fourth-order valence-electron chi connectivity index (χ4n) is 3.52. The number of carbonyl (C=O) groups is 1. The van der Waals surface area contributed by atoms with E-state index >= 15 is 0 Å². The first-order valence-corrected chi connectivity index (χ1v) is 8.80. The van der Waals surface area contributed by atoms with Crippen molar-refractivity contribution in [1.82, 2.24) is 9.80 Å². The van der Waals surface area contributed by atoms with Gasteiger partial charge in [0.05, 0.1) is 6.26 Å². The summed E-state index contributed by atoms with van der Waals surface area (Å²) in [6.45, 7) is 1.81. The molecule has 1 aromatic carbocycles. The largest absolute Gasteiger partial charge is 0.467 e. The van der Waals surface area contributed by atoms with Crippen LogP contribution in [0.5, 0.6) is 0 Å². The van der Waals surface area contributed by atoms with Gasteiger partial charge in [-0.3, -0.25) is 9.69 Å². The molecule has 0 aliphatic carbocycles. The number of carbonyl (C=O) groups excluding carboxylic acids is 1. The van der Waals surface area contributed by atoms with Crippen LogP contribution in [-0.2, 0) is 6.54 Å². The standard InChI is InChI=1S/C20H26N2O3/c1-21(2)20(24)16-7-3-6-15(12-16)14-22-10-4-8-17(22)13-18(23)19-9-5-11-25-19/h3,5-7,9,11-12,17-18,23H,4,8,10,13-14H2,1-2H3. The molecule has 5 heteroatoms. The second-order valence-corrected chi connectivity index (χ2v) is 6.93. The van der Waals surface area contributed by atoms with Crippen LogP contribution in [0, 0.1) is 0 Å². The van der Waals surface area contributed by atoms with Gasteiger partial charge in [0.2, 0.25) is 0 Å². The first-order chi connectivity index (χ1) is 12.0. The minimum absolute atomic E-state index is 0.0214. The Balaban J connectivity index is 1.65. The van der Waals surface area contributed by atoms with Gasteiger partial charge in [-0.1, -0.05) is 12.1 Å². The van der Waals surface area contributed by atoms with Gasteiger partial charge in [-0.15, -0.1) is 0 Å². The molecule has 0 bridgehead atoms. The zero-order chi connectivity index (χ0) is 17.8. The monoisotopic (exact) mass is 342 g/mol. The van der Waals surface area contributed by atoms with Gasteiger partial charge < -0.3 is 14.4 Å². The highest BCUT2D eigenvalue weighted by Gasteiger charge is 2.28. The number of hydrogen-bond donors (Lipinski definition) is 1. The lowest BCUT2D eigenvalue weighted by Crippen LogP contribution is -2.30. The number of hydrogen-bond acceptors (Lipinski definition) is 4. The molecule has 1 fully saturated rings. The summed E-state index contributed by atoms with van der Waals surface area (Å²) in [5.41, 5.74) is 1.85. The SMILES string of the molecule is CN(C)C(=O)c1cccc(CN2CCCC2CC(O)c2ccco2)c1. The molecule has 134 valence electrons. The second-order valence-electron chi connectivity index (χ2n) is 6.93. The summed E-state index contributed by atoms with van der Waals surface area (Å²) in [5, 5.41) is 10.4. The quantitative estimate of drug-likeness (QED) is 0.876. The number of likely N-dealkylation sites (tertiary alicyclic amines) is 1. The van der Waals surface area contributed by atoms with Crippen LogP contribution in [-0.4, -0.2) is 47.5 Å². The highest BCUT2D eigenvalue weighted by molar-refractivity contribution is 5.94. The normalized spacial score (nSPS) is 19.1. The Bertz CT molecular complexity index is 697. The Morgan fingerprint density at radius 2 is 2.20 bits per heavy atom. The van der Waals surface area contributed by atoms with E-state index in [2.05, 4.69) is 11.0 Å². The maximum atomic E-state index is 12.1. The summed E-state index contributed by atoms with van der Waals surface area (Å²) in [4.78, 5) is 16.1.